The second kappa shape index (κ2) is 10.8. The molecule has 9 atom stereocenters. The first kappa shape index (κ1) is 27.5. The van der Waals surface area contributed by atoms with Gasteiger partial charge in [-0.05, 0) is 29.8 Å². The van der Waals surface area contributed by atoms with Gasteiger partial charge < -0.3 is 59.5 Å². The molecular weight excluding hydrogens is 520 g/mol. The van der Waals surface area contributed by atoms with E-state index in [1.165, 1.54) is 36.4 Å². The van der Waals surface area contributed by atoms with E-state index in [-0.39, 0.29) is 34.5 Å². The van der Waals surface area contributed by atoms with E-state index in [1.54, 1.807) is 0 Å². The molecule has 0 bridgehead atoms. The Balaban J connectivity index is 1.45. The molecule has 1 aromatic heterocycles. The Labute approximate surface area is 220 Å². The van der Waals surface area contributed by atoms with Crippen molar-refractivity contribution in [2.24, 2.45) is 0 Å². The largest absolute Gasteiger partial charge is 0.508 e. The number of phenolic OH excluding ortho intramolecular Hbond substituents is 2. The fraction of sp³-hybridized carbons (Fsp3) is 0.423. The zero-order chi connectivity index (χ0) is 28.0. The number of ether oxygens (including phenoxy) is 3. The first-order valence-corrected chi connectivity index (χ1v) is 12.1. The summed E-state index contributed by atoms with van der Waals surface area (Å²) in [6.07, 6.45) is -12.7. The van der Waals surface area contributed by atoms with Gasteiger partial charge in [0.15, 0.2) is 6.29 Å². The average Bonchev–Trinajstić information content (AvgIpc) is 2.92. The Morgan fingerprint density at radius 2 is 1.56 bits per heavy atom. The van der Waals surface area contributed by atoms with Crippen LogP contribution < -0.4 is 5.43 Å². The van der Waals surface area contributed by atoms with Crippen molar-refractivity contribution < 1.29 is 59.5 Å². The van der Waals surface area contributed by atoms with E-state index in [4.69, 9.17) is 18.6 Å². The van der Waals surface area contributed by atoms with Crippen LogP contribution in [0.15, 0.2) is 51.9 Å². The van der Waals surface area contributed by atoms with Gasteiger partial charge in [-0.3, -0.25) is 4.79 Å². The molecule has 2 fully saturated rings. The SMILES string of the molecule is O=c1c(-c2ccc(O)cc2)coc2c([C@H]3O[C@H](CO[C@@H]4OC[C@H](O)[C@H](O)[C@H]4O)[C@H](O)[C@@H](O)[C@@H]3O)c(O)ccc12. The van der Waals surface area contributed by atoms with Crippen molar-refractivity contribution in [3.05, 3.63) is 58.4 Å². The lowest BCUT2D eigenvalue weighted by Crippen LogP contribution is -2.57. The average molecular weight is 548 g/mol. The normalized spacial score (nSPS) is 33.3. The van der Waals surface area contributed by atoms with E-state index in [0.717, 1.165) is 6.26 Å². The minimum Gasteiger partial charge on any atom is -0.508 e. The van der Waals surface area contributed by atoms with Gasteiger partial charge in [0.25, 0.3) is 0 Å². The number of rotatable bonds is 5. The zero-order valence-electron chi connectivity index (χ0n) is 20.3. The quantitative estimate of drug-likeness (QED) is 0.189. The highest BCUT2D eigenvalue weighted by atomic mass is 16.7. The Morgan fingerprint density at radius 3 is 2.28 bits per heavy atom. The summed E-state index contributed by atoms with van der Waals surface area (Å²) in [7, 11) is 0. The standard InChI is InChI=1S/C26H28O13/c27-11-3-1-10(2-4-11)13-7-36-24-12(18(13)30)5-6-14(28)17(24)25-22(34)21(33)20(32)16(39-25)9-38-26-23(35)19(31)15(29)8-37-26/h1-7,15-16,19-23,25-29,31-35H,8-9H2/t15-,16+,19-,20-,21+,22-,23+,25+,26-/m0/s1. The van der Waals surface area contributed by atoms with Crippen molar-refractivity contribution in [3.63, 3.8) is 0 Å². The number of aliphatic hydroxyl groups is 6. The van der Waals surface area contributed by atoms with Crippen molar-refractivity contribution in [3.8, 4) is 22.6 Å². The lowest BCUT2D eigenvalue weighted by molar-refractivity contribution is -0.291. The van der Waals surface area contributed by atoms with Crippen LogP contribution in [0.2, 0.25) is 0 Å². The van der Waals surface area contributed by atoms with Crippen LogP contribution in [0.5, 0.6) is 11.5 Å². The minimum atomic E-state index is -1.78. The second-order valence-electron chi connectivity index (χ2n) is 9.55. The van der Waals surface area contributed by atoms with Crippen molar-refractivity contribution in [1.29, 1.82) is 0 Å². The molecule has 39 heavy (non-hydrogen) atoms. The topological polar surface area (TPSA) is 220 Å². The number of hydrogen-bond acceptors (Lipinski definition) is 13. The summed E-state index contributed by atoms with van der Waals surface area (Å²) in [5, 5.41) is 81.6. The van der Waals surface area contributed by atoms with Gasteiger partial charge in [-0.15, -0.1) is 0 Å². The summed E-state index contributed by atoms with van der Waals surface area (Å²) in [5.74, 6) is -0.407. The van der Waals surface area contributed by atoms with E-state index in [1.807, 2.05) is 0 Å². The molecule has 0 aliphatic carbocycles. The van der Waals surface area contributed by atoms with Crippen LogP contribution in [0, 0.1) is 0 Å². The number of benzene rings is 2. The van der Waals surface area contributed by atoms with Crippen LogP contribution >= 0.6 is 0 Å². The molecule has 0 radical (unpaired) electrons. The molecule has 3 aromatic rings. The van der Waals surface area contributed by atoms with Gasteiger partial charge in [0, 0.05) is 0 Å². The second-order valence-corrected chi connectivity index (χ2v) is 9.55. The van der Waals surface area contributed by atoms with E-state index >= 15 is 0 Å². The van der Waals surface area contributed by atoms with Crippen molar-refractivity contribution in [1.82, 2.24) is 0 Å². The number of phenols is 2. The Bertz CT molecular complexity index is 1370. The summed E-state index contributed by atoms with van der Waals surface area (Å²) in [4.78, 5) is 13.3. The maximum absolute atomic E-state index is 13.3. The molecule has 0 unspecified atom stereocenters. The molecule has 2 saturated heterocycles. The molecule has 2 aromatic carbocycles. The Hall–Kier alpha value is -3.11. The summed E-state index contributed by atoms with van der Waals surface area (Å²) in [5.41, 5.74) is -0.120. The highest BCUT2D eigenvalue weighted by molar-refractivity contribution is 5.86. The van der Waals surface area contributed by atoms with Crippen molar-refractivity contribution in [2.45, 2.75) is 55.1 Å². The summed E-state index contributed by atoms with van der Waals surface area (Å²) < 4.78 is 22.1. The lowest BCUT2D eigenvalue weighted by Gasteiger charge is -2.42. The van der Waals surface area contributed by atoms with Gasteiger partial charge in [0.1, 0.15) is 72.2 Å². The molecule has 0 spiro atoms. The van der Waals surface area contributed by atoms with Crippen LogP contribution in [-0.4, -0.2) is 103 Å². The maximum atomic E-state index is 13.3. The predicted molar refractivity (Wildman–Crippen MR) is 131 cm³/mol. The highest BCUT2D eigenvalue weighted by Crippen LogP contribution is 2.41. The number of aliphatic hydroxyl groups excluding tert-OH is 6. The van der Waals surface area contributed by atoms with Crippen LogP contribution in [0.25, 0.3) is 22.1 Å². The van der Waals surface area contributed by atoms with Gasteiger partial charge in [-0.2, -0.15) is 0 Å². The van der Waals surface area contributed by atoms with Gasteiger partial charge in [-0.25, -0.2) is 0 Å². The number of aromatic hydroxyl groups is 2. The van der Waals surface area contributed by atoms with Crippen molar-refractivity contribution >= 4 is 11.0 Å². The van der Waals surface area contributed by atoms with Gasteiger partial charge >= 0.3 is 0 Å². The highest BCUT2D eigenvalue weighted by Gasteiger charge is 2.47. The molecule has 3 heterocycles. The molecule has 8 N–H and O–H groups in total. The van der Waals surface area contributed by atoms with Crippen LogP contribution in [0.1, 0.15) is 11.7 Å². The van der Waals surface area contributed by atoms with E-state index in [2.05, 4.69) is 0 Å². The monoisotopic (exact) mass is 548 g/mol. The minimum absolute atomic E-state index is 0.0113. The van der Waals surface area contributed by atoms with Crippen LogP contribution in [-0.2, 0) is 14.2 Å². The predicted octanol–water partition coefficient (Wildman–Crippen LogP) is -1.15. The molecule has 13 heteroatoms. The van der Waals surface area contributed by atoms with E-state index in [9.17, 15) is 45.6 Å². The molecule has 210 valence electrons. The van der Waals surface area contributed by atoms with E-state index in [0.29, 0.717) is 5.56 Å². The van der Waals surface area contributed by atoms with Gasteiger partial charge in [0.2, 0.25) is 5.43 Å². The fourth-order valence-corrected chi connectivity index (χ4v) is 4.77. The Kier molecular flexibility index (Phi) is 7.61. The first-order valence-electron chi connectivity index (χ1n) is 12.1. The molecule has 2 aliphatic rings. The summed E-state index contributed by atoms with van der Waals surface area (Å²) in [6.45, 7) is -0.817. The van der Waals surface area contributed by atoms with Crippen LogP contribution in [0.3, 0.4) is 0 Å². The first-order chi connectivity index (χ1) is 18.6. The van der Waals surface area contributed by atoms with Crippen LogP contribution in [0.4, 0.5) is 0 Å². The third-order valence-corrected chi connectivity index (χ3v) is 7.01. The maximum Gasteiger partial charge on any atom is 0.200 e. The molecular formula is C26H28O13. The van der Waals surface area contributed by atoms with E-state index < -0.39 is 72.9 Å². The number of hydrogen-bond donors (Lipinski definition) is 8. The molecule has 0 saturated carbocycles. The van der Waals surface area contributed by atoms with Gasteiger partial charge in [0.05, 0.1) is 29.7 Å². The molecule has 13 nitrogen and oxygen atoms in total. The molecule has 0 amide bonds. The third kappa shape index (κ3) is 5.00. The summed E-state index contributed by atoms with van der Waals surface area (Å²) >= 11 is 0. The van der Waals surface area contributed by atoms with Gasteiger partial charge in [-0.1, -0.05) is 12.1 Å². The summed E-state index contributed by atoms with van der Waals surface area (Å²) in [6, 6.07) is 8.39. The fourth-order valence-electron chi connectivity index (χ4n) is 4.77. The van der Waals surface area contributed by atoms with Crippen molar-refractivity contribution in [2.75, 3.05) is 13.2 Å². The number of fused-ring (bicyclic) bond motifs is 1. The molecule has 2 aliphatic heterocycles. The Morgan fingerprint density at radius 1 is 0.846 bits per heavy atom. The smallest absolute Gasteiger partial charge is 0.200 e. The molecule has 5 rings (SSSR count). The lowest BCUT2D eigenvalue weighted by atomic mass is 9.89. The third-order valence-electron chi connectivity index (χ3n) is 7.01. The zero-order valence-corrected chi connectivity index (χ0v) is 20.3.